The van der Waals surface area contributed by atoms with Crippen LogP contribution >= 0.6 is 0 Å². The topological polar surface area (TPSA) is 96.7 Å². The van der Waals surface area contributed by atoms with Crippen molar-refractivity contribution in [3.63, 3.8) is 0 Å². The highest BCUT2D eigenvalue weighted by atomic mass is 16.4. The quantitative estimate of drug-likeness (QED) is 0.349. The molecular formula is C11H19N5O2. The maximum absolute atomic E-state index is 12.2. The minimum Gasteiger partial charge on any atom is -0.409 e. The third-order valence-electron chi connectivity index (χ3n) is 3.08. The monoisotopic (exact) mass is 253 g/mol. The second kappa shape index (κ2) is 5.52. The van der Waals surface area contributed by atoms with Crippen molar-refractivity contribution in [2.24, 2.45) is 17.9 Å². The van der Waals surface area contributed by atoms with E-state index in [0.717, 1.165) is 5.69 Å². The number of aryl methyl sites for hydroxylation is 1. The molecule has 1 rings (SSSR count). The average molecular weight is 253 g/mol. The number of hydrogen-bond acceptors (Lipinski definition) is 4. The SMILES string of the molecule is Cc1c(C(=O)N(C)C(C)CC(N)=NO)cnn1C. The number of carbonyl (C=O) groups excluding carboxylic acids is 1. The van der Waals surface area contributed by atoms with E-state index in [4.69, 9.17) is 10.9 Å². The van der Waals surface area contributed by atoms with Gasteiger partial charge in [-0.25, -0.2) is 0 Å². The van der Waals surface area contributed by atoms with E-state index in [1.54, 1.807) is 29.9 Å². The Morgan fingerprint density at radius 3 is 2.78 bits per heavy atom. The van der Waals surface area contributed by atoms with Crippen LogP contribution in [0.5, 0.6) is 0 Å². The van der Waals surface area contributed by atoms with Gasteiger partial charge in [-0.05, 0) is 13.8 Å². The van der Waals surface area contributed by atoms with Gasteiger partial charge in [-0.2, -0.15) is 5.10 Å². The Morgan fingerprint density at radius 1 is 1.72 bits per heavy atom. The number of amidine groups is 1. The normalized spacial score (nSPS) is 13.4. The molecule has 0 aliphatic rings. The summed E-state index contributed by atoms with van der Waals surface area (Å²) in [4.78, 5) is 13.8. The number of nitrogens with zero attached hydrogens (tertiary/aromatic N) is 4. The van der Waals surface area contributed by atoms with Crippen molar-refractivity contribution in [2.75, 3.05) is 7.05 Å². The molecule has 7 heteroatoms. The Bertz CT molecular complexity index is 466. The molecule has 7 nitrogen and oxygen atoms in total. The summed E-state index contributed by atoms with van der Waals surface area (Å²) in [6.45, 7) is 3.67. The molecule has 1 unspecified atom stereocenters. The zero-order valence-electron chi connectivity index (χ0n) is 11.1. The van der Waals surface area contributed by atoms with Crippen LogP contribution in [0, 0.1) is 6.92 Å². The lowest BCUT2D eigenvalue weighted by atomic mass is 10.1. The summed E-state index contributed by atoms with van der Waals surface area (Å²) in [6.07, 6.45) is 1.86. The van der Waals surface area contributed by atoms with Crippen LogP contribution in [0.4, 0.5) is 0 Å². The Kier molecular flexibility index (Phi) is 4.30. The maximum Gasteiger partial charge on any atom is 0.257 e. The van der Waals surface area contributed by atoms with Crippen molar-refractivity contribution in [3.05, 3.63) is 17.5 Å². The molecule has 100 valence electrons. The van der Waals surface area contributed by atoms with Gasteiger partial charge in [0.25, 0.3) is 5.91 Å². The van der Waals surface area contributed by atoms with Crippen molar-refractivity contribution in [1.29, 1.82) is 0 Å². The number of nitrogens with two attached hydrogens (primary N) is 1. The Balaban J connectivity index is 2.81. The number of rotatable bonds is 4. The average Bonchev–Trinajstić information content (AvgIpc) is 2.68. The predicted molar refractivity (Wildman–Crippen MR) is 67.5 cm³/mol. The first kappa shape index (κ1) is 14.0. The lowest BCUT2D eigenvalue weighted by molar-refractivity contribution is 0.0746. The zero-order valence-corrected chi connectivity index (χ0v) is 11.1. The Hall–Kier alpha value is -2.05. The second-order valence-electron chi connectivity index (χ2n) is 4.33. The summed E-state index contributed by atoms with van der Waals surface area (Å²) >= 11 is 0. The van der Waals surface area contributed by atoms with Gasteiger partial charge in [0.05, 0.1) is 11.8 Å². The van der Waals surface area contributed by atoms with Gasteiger partial charge in [-0.1, -0.05) is 5.16 Å². The number of amides is 1. The fraction of sp³-hybridized carbons (Fsp3) is 0.545. The number of oxime groups is 1. The summed E-state index contributed by atoms with van der Waals surface area (Å²) in [7, 11) is 3.47. The lowest BCUT2D eigenvalue weighted by Gasteiger charge is -2.24. The molecule has 18 heavy (non-hydrogen) atoms. The van der Waals surface area contributed by atoms with Crippen LogP contribution in [0.1, 0.15) is 29.4 Å². The fourth-order valence-corrected chi connectivity index (χ4v) is 1.58. The standard InChI is InChI=1S/C11H19N5O2/c1-7(5-10(12)14-18)15(3)11(17)9-6-13-16(4)8(9)2/h6-7,18H,5H2,1-4H3,(H2,12,14). The van der Waals surface area contributed by atoms with Gasteiger partial charge >= 0.3 is 0 Å². The molecule has 1 atom stereocenters. The molecule has 1 heterocycles. The van der Waals surface area contributed by atoms with E-state index in [9.17, 15) is 4.79 Å². The maximum atomic E-state index is 12.2. The van der Waals surface area contributed by atoms with Crippen LogP contribution in [-0.4, -0.2) is 44.7 Å². The van der Waals surface area contributed by atoms with Crippen LogP contribution in [0.15, 0.2) is 11.4 Å². The first-order valence-corrected chi connectivity index (χ1v) is 5.60. The van der Waals surface area contributed by atoms with Gasteiger partial charge in [-0.15, -0.1) is 0 Å². The highest BCUT2D eigenvalue weighted by Gasteiger charge is 2.21. The third-order valence-corrected chi connectivity index (χ3v) is 3.08. The van der Waals surface area contributed by atoms with Crippen molar-refractivity contribution in [3.8, 4) is 0 Å². The number of hydrogen-bond donors (Lipinski definition) is 2. The highest BCUT2D eigenvalue weighted by Crippen LogP contribution is 2.12. The zero-order chi connectivity index (χ0) is 13.9. The first-order valence-electron chi connectivity index (χ1n) is 5.60. The van der Waals surface area contributed by atoms with Crippen LogP contribution in [-0.2, 0) is 7.05 Å². The molecule has 0 aliphatic heterocycles. The van der Waals surface area contributed by atoms with Crippen molar-refractivity contribution < 1.29 is 10.0 Å². The van der Waals surface area contributed by atoms with Gasteiger partial charge in [0.2, 0.25) is 0 Å². The Labute approximate surface area is 106 Å². The van der Waals surface area contributed by atoms with Gasteiger partial charge in [0, 0.05) is 32.3 Å². The van der Waals surface area contributed by atoms with Crippen molar-refractivity contribution in [2.45, 2.75) is 26.3 Å². The molecule has 0 aromatic carbocycles. The minimum absolute atomic E-state index is 0.102. The fourth-order valence-electron chi connectivity index (χ4n) is 1.58. The van der Waals surface area contributed by atoms with E-state index in [1.165, 1.54) is 0 Å². The van der Waals surface area contributed by atoms with Crippen LogP contribution in [0.2, 0.25) is 0 Å². The molecule has 0 bridgehead atoms. The molecular weight excluding hydrogens is 234 g/mol. The van der Waals surface area contributed by atoms with Gasteiger partial charge < -0.3 is 15.8 Å². The summed E-state index contributed by atoms with van der Waals surface area (Å²) < 4.78 is 1.65. The van der Waals surface area contributed by atoms with Crippen molar-refractivity contribution >= 4 is 11.7 Å². The molecule has 0 radical (unpaired) electrons. The summed E-state index contributed by atoms with van der Waals surface area (Å²) in [5.74, 6) is -0.0242. The van der Waals surface area contributed by atoms with Crippen LogP contribution < -0.4 is 5.73 Å². The van der Waals surface area contributed by atoms with Crippen LogP contribution in [0.3, 0.4) is 0 Å². The van der Waals surface area contributed by atoms with Crippen LogP contribution in [0.25, 0.3) is 0 Å². The molecule has 1 aromatic heterocycles. The summed E-state index contributed by atoms with van der Waals surface area (Å²) in [5.41, 5.74) is 6.80. The van der Waals surface area contributed by atoms with E-state index in [-0.39, 0.29) is 17.8 Å². The molecule has 3 N–H and O–H groups in total. The summed E-state index contributed by atoms with van der Waals surface area (Å²) in [5, 5.41) is 15.5. The highest BCUT2D eigenvalue weighted by molar-refractivity contribution is 5.95. The Morgan fingerprint density at radius 2 is 2.33 bits per heavy atom. The number of aromatic nitrogens is 2. The molecule has 0 saturated heterocycles. The van der Waals surface area contributed by atoms with E-state index >= 15 is 0 Å². The number of carbonyl (C=O) groups is 1. The minimum atomic E-state index is -0.159. The van der Waals surface area contributed by atoms with Gasteiger partial charge in [-0.3, -0.25) is 9.48 Å². The van der Waals surface area contributed by atoms with Gasteiger partial charge in [0.1, 0.15) is 5.84 Å². The second-order valence-corrected chi connectivity index (χ2v) is 4.33. The molecule has 0 spiro atoms. The van der Waals surface area contributed by atoms with E-state index in [0.29, 0.717) is 12.0 Å². The first-order chi connectivity index (χ1) is 8.38. The molecule has 0 aliphatic carbocycles. The third kappa shape index (κ3) is 2.79. The molecule has 0 fully saturated rings. The molecule has 1 aromatic rings. The summed E-state index contributed by atoms with van der Waals surface area (Å²) in [6, 6.07) is -0.159. The van der Waals surface area contributed by atoms with E-state index in [1.807, 2.05) is 13.8 Å². The largest absolute Gasteiger partial charge is 0.409 e. The smallest absolute Gasteiger partial charge is 0.257 e. The van der Waals surface area contributed by atoms with Crippen molar-refractivity contribution in [1.82, 2.24) is 14.7 Å². The van der Waals surface area contributed by atoms with E-state index < -0.39 is 0 Å². The predicted octanol–water partition coefficient (Wildman–Crippen LogP) is 0.326. The van der Waals surface area contributed by atoms with Gasteiger partial charge in [0.15, 0.2) is 0 Å². The molecule has 0 saturated carbocycles. The molecule has 1 amide bonds. The lowest BCUT2D eigenvalue weighted by Crippen LogP contribution is -2.38. The van der Waals surface area contributed by atoms with E-state index in [2.05, 4.69) is 10.3 Å².